The van der Waals surface area contributed by atoms with Crippen molar-refractivity contribution in [2.24, 2.45) is 11.8 Å². The van der Waals surface area contributed by atoms with Crippen LogP contribution in [0.5, 0.6) is 0 Å². The minimum atomic E-state index is 0.504. The van der Waals surface area contributed by atoms with Crippen LogP contribution in [0.15, 0.2) is 42.5 Å². The van der Waals surface area contributed by atoms with Crippen molar-refractivity contribution in [1.82, 2.24) is 5.32 Å². The average Bonchev–Trinajstić information content (AvgIpc) is 2.56. The predicted molar refractivity (Wildman–Crippen MR) is 91.5 cm³/mol. The maximum Gasteiger partial charge on any atom is 0.0346 e. The molecule has 21 heavy (non-hydrogen) atoms. The van der Waals surface area contributed by atoms with Crippen molar-refractivity contribution in [3.63, 3.8) is 0 Å². The molecule has 1 fully saturated rings. The highest BCUT2D eigenvalue weighted by Gasteiger charge is 2.27. The molecule has 1 aliphatic carbocycles. The van der Waals surface area contributed by atoms with E-state index in [-0.39, 0.29) is 0 Å². The normalized spacial score (nSPS) is 24.1. The van der Waals surface area contributed by atoms with E-state index >= 15 is 0 Å². The van der Waals surface area contributed by atoms with E-state index in [1.54, 1.807) is 0 Å². The lowest BCUT2D eigenvalue weighted by Crippen LogP contribution is -2.29. The minimum Gasteiger partial charge on any atom is -0.313 e. The van der Waals surface area contributed by atoms with Crippen molar-refractivity contribution in [2.45, 2.75) is 45.1 Å². The number of rotatable bonds is 4. The van der Waals surface area contributed by atoms with Gasteiger partial charge in [-0.3, -0.25) is 0 Å². The Morgan fingerprint density at radius 2 is 1.90 bits per heavy atom. The van der Waals surface area contributed by atoms with Gasteiger partial charge in [0, 0.05) is 6.04 Å². The summed E-state index contributed by atoms with van der Waals surface area (Å²) >= 11 is 0. The lowest BCUT2D eigenvalue weighted by atomic mass is 9.75. The molecule has 1 N–H and O–H groups in total. The molecule has 3 rings (SSSR count). The summed E-state index contributed by atoms with van der Waals surface area (Å²) in [7, 11) is 2.12. The van der Waals surface area contributed by atoms with Gasteiger partial charge in [-0.15, -0.1) is 0 Å². The van der Waals surface area contributed by atoms with E-state index in [0.29, 0.717) is 6.04 Å². The summed E-state index contributed by atoms with van der Waals surface area (Å²) in [6, 6.07) is 16.1. The van der Waals surface area contributed by atoms with E-state index in [4.69, 9.17) is 0 Å². The summed E-state index contributed by atoms with van der Waals surface area (Å²) in [5.74, 6) is 1.72. The molecule has 0 radical (unpaired) electrons. The largest absolute Gasteiger partial charge is 0.313 e. The van der Waals surface area contributed by atoms with Crippen molar-refractivity contribution in [3.05, 3.63) is 48.0 Å². The van der Waals surface area contributed by atoms with Crippen LogP contribution in [0.1, 0.15) is 50.6 Å². The molecule has 1 aliphatic rings. The maximum atomic E-state index is 3.60. The molecule has 0 heterocycles. The lowest BCUT2D eigenvalue weighted by molar-refractivity contribution is 0.215. The molecule has 0 saturated heterocycles. The Hall–Kier alpha value is -1.34. The van der Waals surface area contributed by atoms with Crippen molar-refractivity contribution < 1.29 is 0 Å². The quantitative estimate of drug-likeness (QED) is 0.800. The van der Waals surface area contributed by atoms with Crippen molar-refractivity contribution in [3.8, 4) is 0 Å². The second-order valence-corrected chi connectivity index (χ2v) is 6.57. The van der Waals surface area contributed by atoms with E-state index < -0.39 is 0 Å². The van der Waals surface area contributed by atoms with Gasteiger partial charge in [0.15, 0.2) is 0 Å². The molecule has 112 valence electrons. The highest BCUT2D eigenvalue weighted by molar-refractivity contribution is 5.83. The van der Waals surface area contributed by atoms with Crippen LogP contribution < -0.4 is 5.32 Å². The zero-order chi connectivity index (χ0) is 14.7. The van der Waals surface area contributed by atoms with Gasteiger partial charge in [-0.25, -0.2) is 0 Å². The first kappa shape index (κ1) is 14.6. The van der Waals surface area contributed by atoms with Crippen molar-refractivity contribution in [2.75, 3.05) is 7.05 Å². The van der Waals surface area contributed by atoms with Crippen LogP contribution in [-0.4, -0.2) is 7.05 Å². The highest BCUT2D eigenvalue weighted by Crippen LogP contribution is 2.38. The third kappa shape index (κ3) is 3.13. The number of hydrogen-bond donors (Lipinski definition) is 1. The number of hydrogen-bond acceptors (Lipinski definition) is 1. The molecule has 1 saturated carbocycles. The molecule has 0 bridgehead atoms. The summed E-state index contributed by atoms with van der Waals surface area (Å²) in [6.45, 7) is 2.34. The molecule has 0 amide bonds. The summed E-state index contributed by atoms with van der Waals surface area (Å²) in [6.07, 6.45) is 6.92. The van der Waals surface area contributed by atoms with E-state index in [2.05, 4.69) is 61.8 Å². The molecule has 0 aromatic heterocycles. The molecule has 3 atom stereocenters. The first-order valence-corrected chi connectivity index (χ1v) is 8.47. The van der Waals surface area contributed by atoms with Gasteiger partial charge in [-0.2, -0.15) is 0 Å². The molecule has 2 aromatic rings. The second-order valence-electron chi connectivity index (χ2n) is 6.57. The van der Waals surface area contributed by atoms with E-state index in [9.17, 15) is 0 Å². The Kier molecular flexibility index (Phi) is 4.60. The third-order valence-corrected chi connectivity index (χ3v) is 5.32. The van der Waals surface area contributed by atoms with Crippen LogP contribution in [0.4, 0.5) is 0 Å². The molecule has 3 unspecified atom stereocenters. The summed E-state index contributed by atoms with van der Waals surface area (Å²) in [5, 5.41) is 6.30. The minimum absolute atomic E-state index is 0.504. The van der Waals surface area contributed by atoms with Crippen LogP contribution >= 0.6 is 0 Å². The maximum absolute atomic E-state index is 3.60. The molecule has 1 nitrogen and oxygen atoms in total. The van der Waals surface area contributed by atoms with Gasteiger partial charge in [-0.05, 0) is 54.1 Å². The first-order chi connectivity index (χ1) is 10.3. The second kappa shape index (κ2) is 6.62. The summed E-state index contributed by atoms with van der Waals surface area (Å²) in [4.78, 5) is 0. The van der Waals surface area contributed by atoms with Crippen LogP contribution in [0.25, 0.3) is 10.8 Å². The number of nitrogens with one attached hydrogen (secondary N) is 1. The lowest BCUT2D eigenvalue weighted by Gasteiger charge is -2.34. The van der Waals surface area contributed by atoms with Gasteiger partial charge < -0.3 is 5.32 Å². The Balaban J connectivity index is 1.86. The van der Waals surface area contributed by atoms with E-state index in [1.165, 1.54) is 48.4 Å². The number of fused-ring (bicyclic) bond motifs is 1. The van der Waals surface area contributed by atoms with Gasteiger partial charge in [-0.1, -0.05) is 62.6 Å². The Morgan fingerprint density at radius 1 is 1.10 bits per heavy atom. The molecular formula is C20H27N. The molecule has 0 spiro atoms. The zero-order valence-electron chi connectivity index (χ0n) is 13.3. The SMILES string of the molecule is CCC1CCCC(C(NC)c2ccc3ccccc3c2)C1. The molecule has 2 aromatic carbocycles. The smallest absolute Gasteiger partial charge is 0.0346 e. The Labute approximate surface area is 128 Å². The van der Waals surface area contributed by atoms with Gasteiger partial charge in [0.1, 0.15) is 0 Å². The standard InChI is InChI=1S/C20H27N/c1-3-15-7-6-10-18(13-15)20(21-2)19-12-11-16-8-4-5-9-17(16)14-19/h4-5,8-9,11-12,14-15,18,20-21H,3,6-7,10,13H2,1-2H3. The predicted octanol–water partition coefficient (Wildman–Crippen LogP) is 5.32. The highest BCUT2D eigenvalue weighted by atomic mass is 14.9. The number of benzene rings is 2. The van der Waals surface area contributed by atoms with Gasteiger partial charge >= 0.3 is 0 Å². The van der Waals surface area contributed by atoms with Crippen LogP contribution in [-0.2, 0) is 0 Å². The fourth-order valence-electron chi connectivity index (χ4n) is 4.08. The fourth-order valence-corrected chi connectivity index (χ4v) is 4.08. The van der Waals surface area contributed by atoms with E-state index in [1.807, 2.05) is 0 Å². The topological polar surface area (TPSA) is 12.0 Å². The van der Waals surface area contributed by atoms with Gasteiger partial charge in [0.25, 0.3) is 0 Å². The third-order valence-electron chi connectivity index (χ3n) is 5.32. The van der Waals surface area contributed by atoms with Crippen LogP contribution in [0, 0.1) is 11.8 Å². The summed E-state index contributed by atoms with van der Waals surface area (Å²) < 4.78 is 0. The molecule has 0 aliphatic heterocycles. The Morgan fingerprint density at radius 3 is 2.67 bits per heavy atom. The Bertz CT molecular complexity index is 589. The monoisotopic (exact) mass is 281 g/mol. The average molecular weight is 281 g/mol. The molecule has 1 heteroatoms. The van der Waals surface area contributed by atoms with Crippen LogP contribution in [0.2, 0.25) is 0 Å². The molecular weight excluding hydrogens is 254 g/mol. The van der Waals surface area contributed by atoms with Gasteiger partial charge in [0.2, 0.25) is 0 Å². The van der Waals surface area contributed by atoms with Crippen molar-refractivity contribution >= 4 is 10.8 Å². The van der Waals surface area contributed by atoms with Crippen LogP contribution in [0.3, 0.4) is 0 Å². The summed E-state index contributed by atoms with van der Waals surface area (Å²) in [5.41, 5.74) is 1.46. The zero-order valence-corrected chi connectivity index (χ0v) is 13.3. The van der Waals surface area contributed by atoms with Crippen molar-refractivity contribution in [1.29, 1.82) is 0 Å². The fraction of sp³-hybridized carbons (Fsp3) is 0.500. The van der Waals surface area contributed by atoms with E-state index in [0.717, 1.165) is 11.8 Å². The first-order valence-electron chi connectivity index (χ1n) is 8.47. The van der Waals surface area contributed by atoms with Gasteiger partial charge in [0.05, 0.1) is 0 Å².